The standard InChI is InChI=1S/C51H35N3/c1-51(2)43-20-10-8-18-38(43)39-26-25-36(29-44(39)51)46-31-45(33-13-4-3-5-14-33)52-50(53-46)37-24-23-32-17-12-22-48(41(32)28-37)54-47-21-11-9-19-40(47)42-27-34-15-6-7-16-35(34)30-49(42)54/h3-31H,1-2H3. The van der Waals surface area contributed by atoms with E-state index < -0.39 is 0 Å². The lowest BCUT2D eigenvalue weighted by molar-refractivity contribution is 0.660. The fraction of sp³-hybridized carbons (Fsp3) is 0.0588. The molecule has 2 heterocycles. The van der Waals surface area contributed by atoms with E-state index in [9.17, 15) is 0 Å². The van der Waals surface area contributed by atoms with Crippen molar-refractivity contribution in [2.75, 3.05) is 0 Å². The first kappa shape index (κ1) is 30.8. The molecule has 0 spiro atoms. The van der Waals surface area contributed by atoms with Crippen molar-refractivity contribution < 1.29 is 0 Å². The van der Waals surface area contributed by atoms with Crippen LogP contribution in [0, 0.1) is 0 Å². The number of fused-ring (bicyclic) bond motifs is 8. The highest BCUT2D eigenvalue weighted by Gasteiger charge is 2.35. The molecule has 1 aliphatic carbocycles. The average molecular weight is 690 g/mol. The number of benzene rings is 8. The molecule has 3 nitrogen and oxygen atoms in total. The van der Waals surface area contributed by atoms with Gasteiger partial charge in [0.2, 0.25) is 0 Å². The molecule has 54 heavy (non-hydrogen) atoms. The quantitative estimate of drug-likeness (QED) is 0.184. The van der Waals surface area contributed by atoms with Gasteiger partial charge in [-0.2, -0.15) is 0 Å². The number of nitrogens with zero attached hydrogens (tertiary/aromatic N) is 3. The fourth-order valence-corrected chi connectivity index (χ4v) is 8.85. The summed E-state index contributed by atoms with van der Waals surface area (Å²) in [7, 11) is 0. The van der Waals surface area contributed by atoms with E-state index in [0.29, 0.717) is 5.82 Å². The second-order valence-corrected chi connectivity index (χ2v) is 15.0. The van der Waals surface area contributed by atoms with Crippen molar-refractivity contribution in [3.05, 3.63) is 187 Å². The third-order valence-electron chi connectivity index (χ3n) is 11.6. The minimum Gasteiger partial charge on any atom is -0.309 e. The van der Waals surface area contributed by atoms with Crippen LogP contribution in [0.3, 0.4) is 0 Å². The maximum Gasteiger partial charge on any atom is 0.160 e. The third kappa shape index (κ3) is 4.61. The van der Waals surface area contributed by atoms with Crippen LogP contribution in [0.1, 0.15) is 25.0 Å². The Hall–Kier alpha value is -6.84. The largest absolute Gasteiger partial charge is 0.309 e. The van der Waals surface area contributed by atoms with Crippen LogP contribution in [0.5, 0.6) is 0 Å². The van der Waals surface area contributed by atoms with Crippen molar-refractivity contribution in [3.8, 4) is 50.7 Å². The molecule has 0 N–H and O–H groups in total. The van der Waals surface area contributed by atoms with E-state index >= 15 is 0 Å². The van der Waals surface area contributed by atoms with Gasteiger partial charge in [0.05, 0.1) is 28.1 Å². The second-order valence-electron chi connectivity index (χ2n) is 15.0. The summed E-state index contributed by atoms with van der Waals surface area (Å²) < 4.78 is 2.43. The highest BCUT2D eigenvalue weighted by Crippen LogP contribution is 2.49. The van der Waals surface area contributed by atoms with Crippen LogP contribution in [-0.4, -0.2) is 14.5 Å². The van der Waals surface area contributed by atoms with Gasteiger partial charge in [-0.3, -0.25) is 0 Å². The first-order valence-electron chi connectivity index (χ1n) is 18.7. The van der Waals surface area contributed by atoms with Crippen molar-refractivity contribution in [1.29, 1.82) is 0 Å². The summed E-state index contributed by atoms with van der Waals surface area (Å²) in [6.07, 6.45) is 0. The van der Waals surface area contributed by atoms with Gasteiger partial charge in [-0.05, 0) is 80.9 Å². The van der Waals surface area contributed by atoms with Crippen LogP contribution in [0.25, 0.3) is 94.1 Å². The second kappa shape index (κ2) is 11.6. The van der Waals surface area contributed by atoms with Crippen LogP contribution in [0.2, 0.25) is 0 Å². The molecule has 8 aromatic carbocycles. The Morgan fingerprint density at radius 3 is 1.96 bits per heavy atom. The molecular weight excluding hydrogens is 655 g/mol. The van der Waals surface area contributed by atoms with E-state index in [1.165, 1.54) is 60.2 Å². The van der Waals surface area contributed by atoms with Gasteiger partial charge in [0.15, 0.2) is 5.82 Å². The molecule has 0 aliphatic heterocycles. The monoisotopic (exact) mass is 689 g/mol. The molecule has 10 aromatic rings. The lowest BCUT2D eigenvalue weighted by Gasteiger charge is -2.22. The van der Waals surface area contributed by atoms with Gasteiger partial charge in [0.25, 0.3) is 0 Å². The van der Waals surface area contributed by atoms with Crippen LogP contribution < -0.4 is 0 Å². The number of rotatable bonds is 4. The van der Waals surface area contributed by atoms with Gasteiger partial charge in [-0.25, -0.2) is 9.97 Å². The SMILES string of the molecule is CC1(C)c2ccccc2-c2ccc(-c3cc(-c4ccccc4)nc(-c4ccc5cccc(-n6c7ccccc7c7cc8ccccc8cc76)c5c4)n3)cc21. The zero-order valence-corrected chi connectivity index (χ0v) is 30.1. The Morgan fingerprint density at radius 2 is 1.09 bits per heavy atom. The van der Waals surface area contributed by atoms with Crippen LogP contribution in [-0.2, 0) is 5.41 Å². The van der Waals surface area contributed by atoms with Crippen molar-refractivity contribution in [1.82, 2.24) is 14.5 Å². The summed E-state index contributed by atoms with van der Waals surface area (Å²) in [5.74, 6) is 0.708. The Bertz CT molecular complexity index is 3130. The molecule has 0 atom stereocenters. The summed E-state index contributed by atoms with van der Waals surface area (Å²) in [5.41, 5.74) is 13.7. The zero-order chi connectivity index (χ0) is 36.0. The minimum absolute atomic E-state index is 0.103. The van der Waals surface area contributed by atoms with Crippen molar-refractivity contribution in [3.63, 3.8) is 0 Å². The molecule has 0 saturated carbocycles. The maximum atomic E-state index is 5.34. The number of aromatic nitrogens is 3. The van der Waals surface area contributed by atoms with E-state index in [0.717, 1.165) is 39.2 Å². The van der Waals surface area contributed by atoms with E-state index in [1.807, 2.05) is 0 Å². The molecule has 1 aliphatic rings. The lowest BCUT2D eigenvalue weighted by atomic mass is 9.82. The molecule has 0 unspecified atom stereocenters. The molecule has 3 heteroatoms. The molecule has 254 valence electrons. The molecule has 0 amide bonds. The predicted molar refractivity (Wildman–Crippen MR) is 225 cm³/mol. The van der Waals surface area contributed by atoms with Crippen molar-refractivity contribution >= 4 is 43.4 Å². The fourth-order valence-electron chi connectivity index (χ4n) is 8.85. The molecule has 0 radical (unpaired) electrons. The third-order valence-corrected chi connectivity index (χ3v) is 11.6. The molecule has 11 rings (SSSR count). The van der Waals surface area contributed by atoms with Crippen LogP contribution in [0.4, 0.5) is 0 Å². The number of hydrogen-bond acceptors (Lipinski definition) is 2. The Balaban J connectivity index is 1.12. The van der Waals surface area contributed by atoms with Gasteiger partial charge >= 0.3 is 0 Å². The first-order valence-corrected chi connectivity index (χ1v) is 18.7. The first-order chi connectivity index (χ1) is 26.5. The number of para-hydroxylation sites is 1. The van der Waals surface area contributed by atoms with E-state index in [-0.39, 0.29) is 5.41 Å². The summed E-state index contributed by atoms with van der Waals surface area (Å²) >= 11 is 0. The topological polar surface area (TPSA) is 30.7 Å². The number of hydrogen-bond donors (Lipinski definition) is 0. The molecule has 0 bridgehead atoms. The molecular formula is C51H35N3. The van der Waals surface area contributed by atoms with E-state index in [4.69, 9.17) is 9.97 Å². The Morgan fingerprint density at radius 1 is 0.407 bits per heavy atom. The van der Waals surface area contributed by atoms with Gasteiger partial charge in [-0.1, -0.05) is 147 Å². The predicted octanol–water partition coefficient (Wildman–Crippen LogP) is 13.2. The molecule has 2 aromatic heterocycles. The van der Waals surface area contributed by atoms with Gasteiger partial charge in [-0.15, -0.1) is 0 Å². The maximum absolute atomic E-state index is 5.34. The van der Waals surface area contributed by atoms with Crippen molar-refractivity contribution in [2.24, 2.45) is 0 Å². The van der Waals surface area contributed by atoms with Crippen molar-refractivity contribution in [2.45, 2.75) is 19.3 Å². The van der Waals surface area contributed by atoms with Crippen LogP contribution in [0.15, 0.2) is 176 Å². The summed E-state index contributed by atoms with van der Waals surface area (Å²) in [4.78, 5) is 10.6. The Kier molecular flexibility index (Phi) is 6.60. The highest BCUT2D eigenvalue weighted by atomic mass is 15.0. The highest BCUT2D eigenvalue weighted by molar-refractivity contribution is 6.14. The minimum atomic E-state index is -0.103. The smallest absolute Gasteiger partial charge is 0.160 e. The molecule has 0 saturated heterocycles. The molecule has 0 fully saturated rings. The summed E-state index contributed by atoms with van der Waals surface area (Å²) in [6.45, 7) is 4.66. The summed E-state index contributed by atoms with van der Waals surface area (Å²) in [6, 6.07) is 63.6. The van der Waals surface area contributed by atoms with Gasteiger partial charge < -0.3 is 4.57 Å². The normalized spacial score (nSPS) is 13.1. The van der Waals surface area contributed by atoms with Gasteiger partial charge in [0.1, 0.15) is 0 Å². The van der Waals surface area contributed by atoms with Gasteiger partial charge in [0, 0.05) is 38.3 Å². The summed E-state index contributed by atoms with van der Waals surface area (Å²) in [5, 5.41) is 7.29. The lowest BCUT2D eigenvalue weighted by Crippen LogP contribution is -2.14. The van der Waals surface area contributed by atoms with E-state index in [2.05, 4.69) is 194 Å². The zero-order valence-electron chi connectivity index (χ0n) is 30.1. The average Bonchev–Trinajstić information content (AvgIpc) is 3.66. The van der Waals surface area contributed by atoms with Crippen LogP contribution >= 0.6 is 0 Å². The Labute approximate surface area is 313 Å². The van der Waals surface area contributed by atoms with E-state index in [1.54, 1.807) is 0 Å².